The summed E-state index contributed by atoms with van der Waals surface area (Å²) in [4.78, 5) is 0. The van der Waals surface area contributed by atoms with Gasteiger partial charge in [-0.15, -0.1) is 0 Å². The van der Waals surface area contributed by atoms with E-state index in [0.717, 1.165) is 19.3 Å². The first-order chi connectivity index (χ1) is 6.20. The minimum absolute atomic E-state index is 0.700. The first-order valence-electron chi connectivity index (χ1n) is 4.92. The zero-order valence-corrected chi connectivity index (χ0v) is 8.80. The lowest BCUT2D eigenvalue weighted by atomic mass is 10.1. The molecule has 0 aliphatic rings. The maximum atomic E-state index is 5.54. The predicted octanol–water partition coefficient (Wildman–Crippen LogP) is 1.18. The van der Waals surface area contributed by atoms with Gasteiger partial charge in [-0.05, 0) is 25.5 Å². The molecule has 1 rings (SSSR count). The van der Waals surface area contributed by atoms with Gasteiger partial charge in [0.1, 0.15) is 0 Å². The van der Waals surface area contributed by atoms with Gasteiger partial charge >= 0.3 is 0 Å². The molecule has 3 nitrogen and oxygen atoms in total. The van der Waals surface area contributed by atoms with Crippen molar-refractivity contribution in [2.75, 3.05) is 6.54 Å². The minimum atomic E-state index is 0.700. The molecule has 0 fully saturated rings. The fraction of sp³-hybridized carbons (Fsp3) is 0.700. The van der Waals surface area contributed by atoms with Gasteiger partial charge in [-0.25, -0.2) is 0 Å². The number of aromatic nitrogens is 2. The summed E-state index contributed by atoms with van der Waals surface area (Å²) in [7, 11) is 2.00. The highest BCUT2D eigenvalue weighted by atomic mass is 15.3. The van der Waals surface area contributed by atoms with Crippen LogP contribution in [0.4, 0.5) is 0 Å². The second-order valence-corrected chi connectivity index (χ2v) is 3.43. The van der Waals surface area contributed by atoms with Crippen molar-refractivity contribution >= 4 is 0 Å². The quantitative estimate of drug-likeness (QED) is 0.758. The Morgan fingerprint density at radius 3 is 2.62 bits per heavy atom. The Hall–Kier alpha value is -0.830. The predicted molar refractivity (Wildman–Crippen MR) is 54.7 cm³/mol. The lowest BCUT2D eigenvalue weighted by molar-refractivity contribution is 0.689. The van der Waals surface area contributed by atoms with Gasteiger partial charge in [-0.2, -0.15) is 5.10 Å². The summed E-state index contributed by atoms with van der Waals surface area (Å²) in [6, 6.07) is 0. The smallest absolute Gasteiger partial charge is 0.0656 e. The number of aryl methyl sites for hydroxylation is 2. The Bertz CT molecular complexity index is 276. The average Bonchev–Trinajstić information content (AvgIpc) is 2.34. The fourth-order valence-corrected chi connectivity index (χ4v) is 1.69. The van der Waals surface area contributed by atoms with Crippen LogP contribution < -0.4 is 5.73 Å². The summed E-state index contributed by atoms with van der Waals surface area (Å²) >= 11 is 0. The SMILES string of the molecule is CCCc1nn(C)c(CCN)c1C. The third-order valence-electron chi connectivity index (χ3n) is 2.40. The molecule has 0 saturated heterocycles. The van der Waals surface area contributed by atoms with Gasteiger partial charge < -0.3 is 5.73 Å². The molecule has 0 saturated carbocycles. The zero-order valence-electron chi connectivity index (χ0n) is 8.80. The van der Waals surface area contributed by atoms with Gasteiger partial charge in [0.2, 0.25) is 0 Å². The van der Waals surface area contributed by atoms with Crippen LogP contribution in [0.1, 0.15) is 30.3 Å². The molecule has 74 valence electrons. The monoisotopic (exact) mass is 181 g/mol. The van der Waals surface area contributed by atoms with Crippen molar-refractivity contribution in [1.82, 2.24) is 9.78 Å². The molecular weight excluding hydrogens is 162 g/mol. The van der Waals surface area contributed by atoms with E-state index in [-0.39, 0.29) is 0 Å². The highest BCUT2D eigenvalue weighted by Crippen LogP contribution is 2.14. The second kappa shape index (κ2) is 4.42. The van der Waals surface area contributed by atoms with Crippen LogP contribution in [-0.2, 0) is 19.9 Å². The number of hydrogen-bond acceptors (Lipinski definition) is 2. The molecule has 1 aromatic heterocycles. The van der Waals surface area contributed by atoms with Crippen LogP contribution in [0.5, 0.6) is 0 Å². The van der Waals surface area contributed by atoms with Crippen LogP contribution in [0.2, 0.25) is 0 Å². The number of hydrogen-bond donors (Lipinski definition) is 1. The summed E-state index contributed by atoms with van der Waals surface area (Å²) < 4.78 is 1.97. The number of rotatable bonds is 4. The fourth-order valence-electron chi connectivity index (χ4n) is 1.69. The topological polar surface area (TPSA) is 43.8 Å². The lowest BCUT2D eigenvalue weighted by Gasteiger charge is -1.99. The average molecular weight is 181 g/mol. The molecule has 0 aliphatic carbocycles. The molecular formula is C10H19N3. The van der Waals surface area contributed by atoms with E-state index in [1.54, 1.807) is 0 Å². The first-order valence-corrected chi connectivity index (χ1v) is 4.92. The molecule has 0 aromatic carbocycles. The normalized spacial score (nSPS) is 10.8. The van der Waals surface area contributed by atoms with E-state index in [2.05, 4.69) is 18.9 Å². The number of nitrogens with zero attached hydrogens (tertiary/aromatic N) is 2. The maximum absolute atomic E-state index is 5.54. The Morgan fingerprint density at radius 1 is 1.38 bits per heavy atom. The van der Waals surface area contributed by atoms with Gasteiger partial charge in [0.05, 0.1) is 5.69 Å². The molecule has 1 aromatic rings. The summed E-state index contributed by atoms with van der Waals surface area (Å²) in [5, 5.41) is 4.48. The van der Waals surface area contributed by atoms with E-state index in [1.807, 2.05) is 11.7 Å². The molecule has 3 heteroatoms. The highest BCUT2D eigenvalue weighted by Gasteiger charge is 2.09. The summed E-state index contributed by atoms with van der Waals surface area (Å²) in [6.45, 7) is 5.02. The Labute approximate surface area is 79.9 Å². The van der Waals surface area contributed by atoms with E-state index in [0.29, 0.717) is 6.54 Å². The van der Waals surface area contributed by atoms with Crippen molar-refractivity contribution in [3.63, 3.8) is 0 Å². The molecule has 0 radical (unpaired) electrons. The maximum Gasteiger partial charge on any atom is 0.0656 e. The number of nitrogens with two attached hydrogens (primary N) is 1. The van der Waals surface area contributed by atoms with Gasteiger partial charge in [-0.1, -0.05) is 13.3 Å². The van der Waals surface area contributed by atoms with Crippen LogP contribution in [0.3, 0.4) is 0 Å². The van der Waals surface area contributed by atoms with Crippen LogP contribution in [0, 0.1) is 6.92 Å². The van der Waals surface area contributed by atoms with Crippen LogP contribution in [0.15, 0.2) is 0 Å². The molecule has 0 spiro atoms. The van der Waals surface area contributed by atoms with E-state index in [4.69, 9.17) is 5.73 Å². The van der Waals surface area contributed by atoms with Crippen molar-refractivity contribution in [2.24, 2.45) is 12.8 Å². The summed E-state index contributed by atoms with van der Waals surface area (Å²) in [6.07, 6.45) is 3.16. The standard InChI is InChI=1S/C10H19N3/c1-4-5-9-8(2)10(6-7-11)13(3)12-9/h4-7,11H2,1-3H3. The summed E-state index contributed by atoms with van der Waals surface area (Å²) in [5.74, 6) is 0. The molecule has 0 unspecified atom stereocenters. The second-order valence-electron chi connectivity index (χ2n) is 3.43. The molecule has 1 heterocycles. The first kappa shape index (κ1) is 10.3. The van der Waals surface area contributed by atoms with Crippen LogP contribution >= 0.6 is 0 Å². The van der Waals surface area contributed by atoms with Gasteiger partial charge in [0, 0.05) is 19.2 Å². The van der Waals surface area contributed by atoms with E-state index >= 15 is 0 Å². The van der Waals surface area contributed by atoms with Crippen molar-refractivity contribution in [3.8, 4) is 0 Å². The minimum Gasteiger partial charge on any atom is -0.330 e. The summed E-state index contributed by atoms with van der Waals surface area (Å²) in [5.41, 5.74) is 9.38. The molecule has 0 aliphatic heterocycles. The molecule has 0 bridgehead atoms. The Balaban J connectivity index is 2.92. The molecule has 13 heavy (non-hydrogen) atoms. The molecule has 0 amide bonds. The zero-order chi connectivity index (χ0) is 9.84. The van der Waals surface area contributed by atoms with Gasteiger partial charge in [0.15, 0.2) is 0 Å². The lowest BCUT2D eigenvalue weighted by Crippen LogP contribution is -2.08. The van der Waals surface area contributed by atoms with Gasteiger partial charge in [0.25, 0.3) is 0 Å². The van der Waals surface area contributed by atoms with Crippen molar-refractivity contribution in [3.05, 3.63) is 17.0 Å². The van der Waals surface area contributed by atoms with E-state index in [1.165, 1.54) is 17.0 Å². The molecule has 2 N–H and O–H groups in total. The Morgan fingerprint density at radius 2 is 2.08 bits per heavy atom. The van der Waals surface area contributed by atoms with Crippen molar-refractivity contribution in [2.45, 2.75) is 33.1 Å². The third kappa shape index (κ3) is 2.10. The van der Waals surface area contributed by atoms with Gasteiger partial charge in [-0.3, -0.25) is 4.68 Å². The Kier molecular flexibility index (Phi) is 3.48. The van der Waals surface area contributed by atoms with Crippen molar-refractivity contribution < 1.29 is 0 Å². The largest absolute Gasteiger partial charge is 0.330 e. The third-order valence-corrected chi connectivity index (χ3v) is 2.40. The van der Waals surface area contributed by atoms with Crippen LogP contribution in [-0.4, -0.2) is 16.3 Å². The molecule has 0 atom stereocenters. The highest BCUT2D eigenvalue weighted by molar-refractivity contribution is 5.25. The van der Waals surface area contributed by atoms with Crippen molar-refractivity contribution in [1.29, 1.82) is 0 Å². The van der Waals surface area contributed by atoms with Crippen LogP contribution in [0.25, 0.3) is 0 Å². The van der Waals surface area contributed by atoms with E-state index < -0.39 is 0 Å². The van der Waals surface area contributed by atoms with E-state index in [9.17, 15) is 0 Å².